The number of benzene rings is 3. The van der Waals surface area contributed by atoms with Gasteiger partial charge in [-0.25, -0.2) is 5.09 Å². The lowest BCUT2D eigenvalue weighted by Gasteiger charge is -2.25. The molecule has 0 spiro atoms. The van der Waals surface area contributed by atoms with Crippen LogP contribution in [-0.2, 0) is 4.57 Å². The summed E-state index contributed by atoms with van der Waals surface area (Å²) < 4.78 is 14.1. The van der Waals surface area contributed by atoms with Gasteiger partial charge < -0.3 is 0 Å². The minimum absolute atomic E-state index is 0.122. The molecule has 0 fully saturated rings. The molecule has 0 radical (unpaired) electrons. The Morgan fingerprint density at radius 2 is 1.28 bits per heavy atom. The van der Waals surface area contributed by atoms with Gasteiger partial charge in [-0.3, -0.25) is 24.8 Å². The van der Waals surface area contributed by atoms with Crippen LogP contribution in [-0.4, -0.2) is 16.4 Å². The van der Waals surface area contributed by atoms with Crippen LogP contribution in [0.4, 0.5) is 5.69 Å². The van der Waals surface area contributed by atoms with Gasteiger partial charge >= 0.3 is 0 Å². The first-order valence-electron chi connectivity index (χ1n) is 8.75. The molecule has 0 heterocycles. The predicted octanol–water partition coefficient (Wildman–Crippen LogP) is 3.43. The quantitative estimate of drug-likeness (QED) is 0.345. The Bertz CT molecular complexity index is 999. The number of rotatable bonds is 8. The Kier molecular flexibility index (Phi) is 6.16. The second-order valence-electron chi connectivity index (χ2n) is 6.33. The largest absolute Gasteiger partial charge is 0.296 e. The number of nitrogens with one attached hydrogen (secondary N) is 1. The van der Waals surface area contributed by atoms with Crippen LogP contribution in [0.2, 0.25) is 0 Å². The summed E-state index contributed by atoms with van der Waals surface area (Å²) in [6.07, 6.45) is 0. The number of nitrogens with zero attached hydrogens (tertiary/aromatic N) is 2. The molecule has 0 saturated heterocycles. The number of hydrogen-bond donors (Lipinski definition) is 1. The van der Waals surface area contributed by atoms with Crippen LogP contribution in [0.5, 0.6) is 0 Å². The third-order valence-corrected chi connectivity index (χ3v) is 7.14. The Morgan fingerprint density at radius 3 is 1.69 bits per heavy atom. The highest BCUT2D eigenvalue weighted by Crippen LogP contribution is 2.41. The molecule has 1 unspecified atom stereocenters. The first-order chi connectivity index (χ1) is 13.9. The summed E-state index contributed by atoms with van der Waals surface area (Å²) in [5.41, 5.74) is 0.322. The zero-order valence-corrected chi connectivity index (χ0v) is 16.1. The van der Waals surface area contributed by atoms with Gasteiger partial charge in [-0.05, 0) is 29.8 Å². The van der Waals surface area contributed by atoms with Gasteiger partial charge in [0, 0.05) is 27.7 Å². The van der Waals surface area contributed by atoms with E-state index in [0.29, 0.717) is 16.2 Å². The van der Waals surface area contributed by atoms with E-state index in [2.05, 4.69) is 5.09 Å². The first kappa shape index (κ1) is 20.4. The summed E-state index contributed by atoms with van der Waals surface area (Å²) in [4.78, 5) is 21.1. The van der Waals surface area contributed by atoms with Crippen molar-refractivity contribution in [2.24, 2.45) is 0 Å². The number of hydrogen-bond acceptors (Lipinski definition) is 5. The van der Waals surface area contributed by atoms with E-state index in [0.717, 1.165) is 0 Å². The topological polar surface area (TPSA) is 115 Å². The molecule has 3 aromatic carbocycles. The zero-order valence-electron chi connectivity index (χ0n) is 15.3. The van der Waals surface area contributed by atoms with E-state index < -0.39 is 29.7 Å². The predicted molar refractivity (Wildman–Crippen MR) is 111 cm³/mol. The highest BCUT2D eigenvalue weighted by Gasteiger charge is 2.32. The molecule has 9 heteroatoms. The SMILES string of the molecule is O=[N+]([O-])CC(NP(=O)(c1ccccc1)c1ccccc1)c1ccc([N+](=O)[O-])cc1. The minimum atomic E-state index is -3.42. The molecule has 1 N–H and O–H groups in total. The summed E-state index contributed by atoms with van der Waals surface area (Å²) in [5, 5.41) is 26.2. The van der Waals surface area contributed by atoms with E-state index in [1.54, 1.807) is 60.7 Å². The van der Waals surface area contributed by atoms with Crippen molar-refractivity contribution in [3.8, 4) is 0 Å². The van der Waals surface area contributed by atoms with Crippen LogP contribution >= 0.6 is 7.29 Å². The zero-order chi connectivity index (χ0) is 20.9. The van der Waals surface area contributed by atoms with Crippen LogP contribution in [0.25, 0.3) is 0 Å². The highest BCUT2D eigenvalue weighted by molar-refractivity contribution is 7.76. The summed E-state index contributed by atoms with van der Waals surface area (Å²) in [6.45, 7) is -0.526. The fraction of sp³-hybridized carbons (Fsp3) is 0.100. The van der Waals surface area contributed by atoms with Crippen molar-refractivity contribution in [3.05, 3.63) is 111 Å². The third-order valence-electron chi connectivity index (χ3n) is 4.42. The van der Waals surface area contributed by atoms with E-state index in [9.17, 15) is 24.8 Å². The monoisotopic (exact) mass is 411 g/mol. The molecule has 0 aliphatic heterocycles. The molecule has 29 heavy (non-hydrogen) atoms. The normalized spacial score (nSPS) is 12.3. The van der Waals surface area contributed by atoms with Gasteiger partial charge in [0.25, 0.3) is 5.69 Å². The third kappa shape index (κ3) is 4.74. The molecule has 0 amide bonds. The Morgan fingerprint density at radius 1 is 0.793 bits per heavy atom. The van der Waals surface area contributed by atoms with E-state index in [1.807, 2.05) is 0 Å². The molecule has 1 atom stereocenters. The summed E-state index contributed by atoms with van der Waals surface area (Å²) >= 11 is 0. The second kappa shape index (κ2) is 8.77. The average Bonchev–Trinajstić information content (AvgIpc) is 2.74. The van der Waals surface area contributed by atoms with Crippen molar-refractivity contribution in [1.29, 1.82) is 0 Å². The summed E-state index contributed by atoms with van der Waals surface area (Å²) in [6, 6.07) is 22.0. The van der Waals surface area contributed by atoms with Gasteiger partial charge in [0.15, 0.2) is 0 Å². The molecule has 3 aromatic rings. The number of nitro groups is 2. The summed E-state index contributed by atoms with van der Waals surface area (Å²) in [5.74, 6) is 0. The van der Waals surface area contributed by atoms with Gasteiger partial charge in [-0.15, -0.1) is 0 Å². The van der Waals surface area contributed by atoms with Gasteiger partial charge in [-0.1, -0.05) is 48.5 Å². The van der Waals surface area contributed by atoms with Crippen LogP contribution in [0.1, 0.15) is 11.6 Å². The second-order valence-corrected chi connectivity index (χ2v) is 8.84. The number of nitro benzene ring substituents is 1. The van der Waals surface area contributed by atoms with Gasteiger partial charge in [-0.2, -0.15) is 0 Å². The molecule has 148 valence electrons. The lowest BCUT2D eigenvalue weighted by Crippen LogP contribution is -2.33. The molecule has 0 aliphatic rings. The lowest BCUT2D eigenvalue weighted by molar-refractivity contribution is -0.483. The van der Waals surface area contributed by atoms with Crippen molar-refractivity contribution in [2.75, 3.05) is 6.54 Å². The average molecular weight is 411 g/mol. The van der Waals surface area contributed by atoms with Crippen molar-refractivity contribution in [1.82, 2.24) is 5.09 Å². The Hall–Kier alpha value is -3.35. The van der Waals surface area contributed by atoms with Crippen molar-refractivity contribution >= 4 is 23.6 Å². The molecular formula is C20H18N3O5P. The van der Waals surface area contributed by atoms with Crippen LogP contribution in [0.3, 0.4) is 0 Å². The standard InChI is InChI=1S/C20H18N3O5P/c24-22(25)15-20(16-11-13-17(14-12-16)23(26)27)21-29(28,18-7-3-1-4-8-18)19-9-5-2-6-10-19/h1-14,20H,15H2,(H,21,28). The van der Waals surface area contributed by atoms with Crippen LogP contribution < -0.4 is 15.7 Å². The van der Waals surface area contributed by atoms with E-state index in [-0.39, 0.29) is 5.69 Å². The minimum Gasteiger partial charge on any atom is -0.296 e. The van der Waals surface area contributed by atoms with Crippen LogP contribution in [0.15, 0.2) is 84.9 Å². The smallest absolute Gasteiger partial charge is 0.269 e. The van der Waals surface area contributed by atoms with Crippen molar-refractivity contribution in [2.45, 2.75) is 6.04 Å². The van der Waals surface area contributed by atoms with E-state index in [4.69, 9.17) is 0 Å². The van der Waals surface area contributed by atoms with E-state index >= 15 is 0 Å². The first-order valence-corrected chi connectivity index (χ1v) is 10.5. The molecule has 0 aliphatic carbocycles. The fourth-order valence-corrected chi connectivity index (χ4v) is 5.44. The van der Waals surface area contributed by atoms with Crippen LogP contribution in [0, 0.1) is 20.2 Å². The van der Waals surface area contributed by atoms with Gasteiger partial charge in [0.2, 0.25) is 13.8 Å². The maximum absolute atomic E-state index is 14.1. The number of non-ortho nitro benzene ring substituents is 1. The lowest BCUT2D eigenvalue weighted by atomic mass is 10.1. The highest BCUT2D eigenvalue weighted by atomic mass is 31.2. The van der Waals surface area contributed by atoms with E-state index in [1.165, 1.54) is 24.3 Å². The molecule has 3 rings (SSSR count). The molecule has 8 nitrogen and oxygen atoms in total. The molecule has 0 aromatic heterocycles. The molecular weight excluding hydrogens is 393 g/mol. The van der Waals surface area contributed by atoms with Crippen molar-refractivity contribution in [3.63, 3.8) is 0 Å². The Balaban J connectivity index is 2.05. The van der Waals surface area contributed by atoms with Gasteiger partial charge in [0.05, 0.1) is 4.92 Å². The molecule has 0 saturated carbocycles. The summed E-state index contributed by atoms with van der Waals surface area (Å²) in [7, 11) is -3.42. The Labute approximate surface area is 166 Å². The van der Waals surface area contributed by atoms with Crippen molar-refractivity contribution < 1.29 is 14.4 Å². The maximum Gasteiger partial charge on any atom is 0.269 e. The maximum atomic E-state index is 14.1. The molecule has 0 bridgehead atoms. The fourth-order valence-electron chi connectivity index (χ4n) is 2.99. The van der Waals surface area contributed by atoms with Gasteiger partial charge in [0.1, 0.15) is 6.04 Å².